The first-order chi connectivity index (χ1) is 9.20. The summed E-state index contributed by atoms with van der Waals surface area (Å²) in [4.78, 5) is 11.8. The third kappa shape index (κ3) is 3.77. The van der Waals surface area contributed by atoms with Gasteiger partial charge in [-0.25, -0.2) is 4.39 Å². The third-order valence-corrected chi connectivity index (χ3v) is 3.54. The van der Waals surface area contributed by atoms with E-state index in [1.165, 1.54) is 44.9 Å². The van der Waals surface area contributed by atoms with Crippen molar-refractivity contribution in [2.75, 3.05) is 20.3 Å². The van der Waals surface area contributed by atoms with Gasteiger partial charge in [-0.1, -0.05) is 12.8 Å². The maximum absolute atomic E-state index is 13.5. The van der Waals surface area contributed by atoms with Crippen LogP contribution in [0.15, 0.2) is 18.2 Å². The van der Waals surface area contributed by atoms with E-state index in [4.69, 9.17) is 9.47 Å². The van der Waals surface area contributed by atoms with Gasteiger partial charge in [-0.15, -0.1) is 0 Å². The van der Waals surface area contributed by atoms with Gasteiger partial charge in [0.1, 0.15) is 6.61 Å². The maximum Gasteiger partial charge on any atom is 0.188 e. The lowest BCUT2D eigenvalue weighted by atomic mass is 10.1. The average molecular weight is 266 g/mol. The lowest BCUT2D eigenvalue weighted by molar-refractivity contribution is 0.0681. The second-order valence-corrected chi connectivity index (χ2v) is 4.94. The van der Waals surface area contributed by atoms with Gasteiger partial charge in [0.15, 0.2) is 17.3 Å². The first-order valence-electron chi connectivity index (χ1n) is 6.65. The highest BCUT2D eigenvalue weighted by Gasteiger charge is 2.16. The third-order valence-electron chi connectivity index (χ3n) is 3.54. The van der Waals surface area contributed by atoms with Crippen molar-refractivity contribution in [2.45, 2.75) is 25.7 Å². The molecule has 1 aliphatic rings. The zero-order chi connectivity index (χ0) is 13.7. The summed E-state index contributed by atoms with van der Waals surface area (Å²) in [6, 6.07) is 4.21. The smallest absolute Gasteiger partial charge is 0.188 e. The van der Waals surface area contributed by atoms with Crippen molar-refractivity contribution in [3.05, 3.63) is 29.6 Å². The van der Waals surface area contributed by atoms with Crippen LogP contribution in [0, 0.1) is 11.7 Å². The summed E-state index contributed by atoms with van der Waals surface area (Å²) < 4.78 is 23.7. The lowest BCUT2D eigenvalue weighted by Crippen LogP contribution is -2.13. The van der Waals surface area contributed by atoms with Gasteiger partial charge in [0.2, 0.25) is 0 Å². The molecule has 2 rings (SSSR count). The minimum atomic E-state index is -0.524. The number of hydrogen-bond acceptors (Lipinski definition) is 3. The molecule has 0 unspecified atom stereocenters. The quantitative estimate of drug-likeness (QED) is 0.742. The molecule has 4 heteroatoms. The molecule has 0 amide bonds. The number of carbonyl (C=O) groups excluding carboxylic acids is 1. The highest BCUT2D eigenvalue weighted by Crippen LogP contribution is 2.24. The number of ketones is 1. The minimum absolute atomic E-state index is 0.0161. The van der Waals surface area contributed by atoms with Crippen LogP contribution in [0.25, 0.3) is 0 Å². The molecule has 0 aromatic heterocycles. The Morgan fingerprint density at radius 2 is 2.11 bits per heavy atom. The van der Waals surface area contributed by atoms with E-state index in [0.29, 0.717) is 18.1 Å². The summed E-state index contributed by atoms with van der Waals surface area (Å²) in [7, 11) is 1.39. The van der Waals surface area contributed by atoms with E-state index in [1.807, 2.05) is 0 Å². The standard InChI is InChI=1S/C15H19FO3/c1-18-15-7-6-12(8-13(15)16)14(17)10-19-9-11-4-2-3-5-11/h6-8,11H,2-5,9-10H2,1H3. The molecule has 0 radical (unpaired) electrons. The Balaban J connectivity index is 1.83. The van der Waals surface area contributed by atoms with E-state index in [1.54, 1.807) is 6.07 Å². The Morgan fingerprint density at radius 1 is 1.37 bits per heavy atom. The SMILES string of the molecule is COc1ccc(C(=O)COCC2CCCC2)cc1F. The van der Waals surface area contributed by atoms with Crippen molar-refractivity contribution in [2.24, 2.45) is 5.92 Å². The molecular formula is C15H19FO3. The van der Waals surface area contributed by atoms with Crippen molar-refractivity contribution in [3.63, 3.8) is 0 Å². The number of rotatable bonds is 6. The topological polar surface area (TPSA) is 35.5 Å². The van der Waals surface area contributed by atoms with E-state index in [-0.39, 0.29) is 18.1 Å². The molecule has 0 spiro atoms. The second-order valence-electron chi connectivity index (χ2n) is 4.94. The number of hydrogen-bond donors (Lipinski definition) is 0. The monoisotopic (exact) mass is 266 g/mol. The number of Topliss-reactive ketones (excluding diaryl/α,β-unsaturated/α-hetero) is 1. The zero-order valence-corrected chi connectivity index (χ0v) is 11.2. The molecule has 1 fully saturated rings. The molecule has 0 heterocycles. The summed E-state index contributed by atoms with van der Waals surface area (Å²) in [5.41, 5.74) is 0.324. The molecule has 0 N–H and O–H groups in total. The van der Waals surface area contributed by atoms with Gasteiger partial charge in [-0.2, -0.15) is 0 Å². The molecule has 104 valence electrons. The van der Waals surface area contributed by atoms with Crippen molar-refractivity contribution in [1.29, 1.82) is 0 Å². The molecule has 19 heavy (non-hydrogen) atoms. The lowest BCUT2D eigenvalue weighted by Gasteiger charge is -2.09. The van der Waals surface area contributed by atoms with Gasteiger partial charge in [0.05, 0.1) is 13.7 Å². The Bertz CT molecular complexity index is 439. The van der Waals surface area contributed by atoms with Crippen LogP contribution in [-0.4, -0.2) is 26.1 Å². The largest absolute Gasteiger partial charge is 0.494 e. The Labute approximate surface area is 112 Å². The summed E-state index contributed by atoms with van der Waals surface area (Å²) in [5, 5.41) is 0. The Morgan fingerprint density at radius 3 is 2.74 bits per heavy atom. The van der Waals surface area contributed by atoms with Crippen LogP contribution in [0.1, 0.15) is 36.0 Å². The first kappa shape index (κ1) is 14.0. The Kier molecular flexibility index (Phi) is 4.91. The number of methoxy groups -OCH3 is 1. The van der Waals surface area contributed by atoms with Crippen molar-refractivity contribution in [1.82, 2.24) is 0 Å². The van der Waals surface area contributed by atoms with Crippen LogP contribution < -0.4 is 4.74 Å². The van der Waals surface area contributed by atoms with E-state index in [9.17, 15) is 9.18 Å². The summed E-state index contributed by atoms with van der Waals surface area (Å²) in [6.07, 6.45) is 4.88. The number of carbonyl (C=O) groups is 1. The molecule has 3 nitrogen and oxygen atoms in total. The number of benzene rings is 1. The normalized spacial score (nSPS) is 15.7. The summed E-state index contributed by atoms with van der Waals surface area (Å²) in [6.45, 7) is 0.645. The maximum atomic E-state index is 13.5. The van der Waals surface area contributed by atoms with Gasteiger partial charge >= 0.3 is 0 Å². The predicted molar refractivity (Wildman–Crippen MR) is 70.1 cm³/mol. The van der Waals surface area contributed by atoms with Crippen molar-refractivity contribution < 1.29 is 18.7 Å². The highest BCUT2D eigenvalue weighted by molar-refractivity contribution is 5.97. The van der Waals surface area contributed by atoms with Crippen LogP contribution in [-0.2, 0) is 4.74 Å². The molecule has 1 aromatic rings. The molecular weight excluding hydrogens is 247 g/mol. The van der Waals surface area contributed by atoms with Gasteiger partial charge < -0.3 is 9.47 Å². The van der Waals surface area contributed by atoms with E-state index < -0.39 is 5.82 Å². The second kappa shape index (κ2) is 6.66. The van der Waals surface area contributed by atoms with Crippen LogP contribution in [0.2, 0.25) is 0 Å². The zero-order valence-electron chi connectivity index (χ0n) is 11.2. The van der Waals surface area contributed by atoms with Gasteiger partial charge in [-0.05, 0) is 37.0 Å². The predicted octanol–water partition coefficient (Wildman–Crippen LogP) is 3.22. The van der Waals surface area contributed by atoms with E-state index in [0.717, 1.165) is 0 Å². The fraction of sp³-hybridized carbons (Fsp3) is 0.533. The minimum Gasteiger partial charge on any atom is -0.494 e. The van der Waals surface area contributed by atoms with Crippen molar-refractivity contribution >= 4 is 5.78 Å². The molecule has 1 aromatic carbocycles. The summed E-state index contributed by atoms with van der Waals surface area (Å²) >= 11 is 0. The molecule has 0 bridgehead atoms. The van der Waals surface area contributed by atoms with Crippen molar-refractivity contribution in [3.8, 4) is 5.75 Å². The van der Waals surface area contributed by atoms with Crippen LogP contribution in [0.3, 0.4) is 0 Å². The van der Waals surface area contributed by atoms with E-state index >= 15 is 0 Å². The van der Waals surface area contributed by atoms with Crippen LogP contribution >= 0.6 is 0 Å². The number of halogens is 1. The molecule has 0 aliphatic heterocycles. The van der Waals surface area contributed by atoms with Gasteiger partial charge in [0, 0.05) is 5.56 Å². The van der Waals surface area contributed by atoms with Crippen LogP contribution in [0.5, 0.6) is 5.75 Å². The highest BCUT2D eigenvalue weighted by atomic mass is 19.1. The fourth-order valence-corrected chi connectivity index (χ4v) is 2.42. The van der Waals surface area contributed by atoms with E-state index in [2.05, 4.69) is 0 Å². The average Bonchev–Trinajstić information content (AvgIpc) is 2.91. The molecule has 1 aliphatic carbocycles. The van der Waals surface area contributed by atoms with Gasteiger partial charge in [-0.3, -0.25) is 4.79 Å². The van der Waals surface area contributed by atoms with Crippen LogP contribution in [0.4, 0.5) is 4.39 Å². The summed E-state index contributed by atoms with van der Waals surface area (Å²) in [5.74, 6) is 0.00696. The molecule has 0 saturated heterocycles. The number of ether oxygens (including phenoxy) is 2. The first-order valence-corrected chi connectivity index (χ1v) is 6.65. The molecule has 1 saturated carbocycles. The van der Waals surface area contributed by atoms with Gasteiger partial charge in [0.25, 0.3) is 0 Å². The molecule has 0 atom stereocenters. The Hall–Kier alpha value is -1.42. The fourth-order valence-electron chi connectivity index (χ4n) is 2.42.